The van der Waals surface area contributed by atoms with Crippen LogP contribution in [-0.2, 0) is 19.3 Å². The fraction of sp³-hybridized carbons (Fsp3) is 0.212. The van der Waals surface area contributed by atoms with Crippen LogP contribution in [0.3, 0.4) is 0 Å². The summed E-state index contributed by atoms with van der Waals surface area (Å²) >= 11 is 0. The molecule has 0 spiro atoms. The van der Waals surface area contributed by atoms with Crippen LogP contribution < -0.4 is 10.6 Å². The molecule has 6 nitrogen and oxygen atoms in total. The lowest BCUT2D eigenvalue weighted by atomic mass is 9.95. The predicted molar refractivity (Wildman–Crippen MR) is 153 cm³/mol. The first-order chi connectivity index (χ1) is 19.1. The van der Waals surface area contributed by atoms with Gasteiger partial charge in [0.05, 0.1) is 25.3 Å². The van der Waals surface area contributed by atoms with Gasteiger partial charge in [0.2, 0.25) is 0 Å². The van der Waals surface area contributed by atoms with E-state index in [2.05, 4.69) is 10.6 Å². The van der Waals surface area contributed by atoms with Crippen molar-refractivity contribution in [1.82, 2.24) is 10.6 Å². The molecular weight excluding hydrogens is 488 g/mol. The number of carbonyl (C=O) groups is 2. The molecule has 0 bridgehead atoms. The number of amides is 2. The van der Waals surface area contributed by atoms with Gasteiger partial charge in [-0.2, -0.15) is 0 Å². The highest BCUT2D eigenvalue weighted by Crippen LogP contribution is 2.19. The van der Waals surface area contributed by atoms with Gasteiger partial charge in [-0.05, 0) is 53.6 Å². The van der Waals surface area contributed by atoms with Crippen molar-refractivity contribution in [3.8, 4) is 0 Å². The molecule has 2 amide bonds. The van der Waals surface area contributed by atoms with Gasteiger partial charge in [-0.25, -0.2) is 0 Å². The molecule has 4 aromatic rings. The Labute approximate surface area is 229 Å². The maximum absolute atomic E-state index is 13.3. The number of aliphatic hydroxyl groups is 2. The Bertz CT molecular complexity index is 1250. The van der Waals surface area contributed by atoms with E-state index in [0.717, 1.165) is 22.3 Å². The first kappa shape index (κ1) is 27.8. The van der Waals surface area contributed by atoms with Crippen LogP contribution in [0.15, 0.2) is 109 Å². The summed E-state index contributed by atoms with van der Waals surface area (Å²) in [5.41, 5.74) is 4.59. The van der Waals surface area contributed by atoms with E-state index in [0.29, 0.717) is 30.4 Å². The second-order valence-electron chi connectivity index (χ2n) is 9.58. The molecule has 0 heterocycles. The van der Waals surface area contributed by atoms with Gasteiger partial charge >= 0.3 is 0 Å². The number of aliphatic hydroxyl groups excluding tert-OH is 2. The highest BCUT2D eigenvalue weighted by molar-refractivity contribution is 5.97. The summed E-state index contributed by atoms with van der Waals surface area (Å²) in [5.74, 6) is -0.545. The minimum absolute atomic E-state index is 0.180. The molecule has 0 aliphatic carbocycles. The number of hydrogen-bond donors (Lipinski definition) is 4. The van der Waals surface area contributed by atoms with E-state index in [1.165, 1.54) is 0 Å². The van der Waals surface area contributed by atoms with E-state index in [9.17, 15) is 19.8 Å². The number of benzene rings is 4. The second-order valence-corrected chi connectivity index (χ2v) is 9.58. The summed E-state index contributed by atoms with van der Waals surface area (Å²) < 4.78 is 0. The molecule has 0 aliphatic rings. The van der Waals surface area contributed by atoms with E-state index >= 15 is 0 Å². The minimum atomic E-state index is -0.425. The molecule has 0 fully saturated rings. The van der Waals surface area contributed by atoms with Crippen molar-refractivity contribution in [2.24, 2.45) is 0 Å². The number of nitrogens with one attached hydrogen (secondary N) is 2. The topological polar surface area (TPSA) is 98.7 Å². The van der Waals surface area contributed by atoms with Crippen molar-refractivity contribution in [1.29, 1.82) is 0 Å². The first-order valence-corrected chi connectivity index (χ1v) is 13.1. The van der Waals surface area contributed by atoms with Crippen LogP contribution in [0.1, 0.15) is 43.0 Å². The Morgan fingerprint density at radius 3 is 1.28 bits per heavy atom. The Balaban J connectivity index is 1.48. The molecule has 2 atom stereocenters. The average Bonchev–Trinajstić information content (AvgIpc) is 2.98. The van der Waals surface area contributed by atoms with Crippen molar-refractivity contribution in [2.75, 3.05) is 13.2 Å². The summed E-state index contributed by atoms with van der Waals surface area (Å²) in [5, 5.41) is 25.7. The largest absolute Gasteiger partial charge is 0.394 e. The van der Waals surface area contributed by atoms with E-state index in [4.69, 9.17) is 0 Å². The van der Waals surface area contributed by atoms with Crippen molar-refractivity contribution < 1.29 is 19.8 Å². The van der Waals surface area contributed by atoms with Gasteiger partial charge in [0.1, 0.15) is 0 Å². The first-order valence-electron chi connectivity index (χ1n) is 13.1. The third kappa shape index (κ3) is 7.87. The Morgan fingerprint density at radius 1 is 0.538 bits per heavy atom. The lowest BCUT2D eigenvalue weighted by molar-refractivity contribution is 0.0909. The summed E-state index contributed by atoms with van der Waals surface area (Å²) in [6, 6.07) is 33.2. The standard InChI is InChI=1S/C33H34N2O4/c36-22-28(19-24-11-3-1-4-12-24)34-32(38)30-17-9-7-15-26(30)21-27-16-8-10-18-31(27)33(39)35-29(23-37)20-25-13-5-2-6-14-25/h1-18,28-29,36-37H,19-23H2,(H,34,38)(H,35,39)/t28-,29-/m0/s1. The van der Waals surface area contributed by atoms with Gasteiger partial charge in [-0.3, -0.25) is 9.59 Å². The predicted octanol–water partition coefficient (Wildman–Crippen LogP) is 3.94. The molecule has 0 aromatic heterocycles. The zero-order valence-electron chi connectivity index (χ0n) is 21.8. The molecule has 4 N–H and O–H groups in total. The van der Waals surface area contributed by atoms with Gasteiger partial charge in [0, 0.05) is 11.1 Å². The molecule has 39 heavy (non-hydrogen) atoms. The smallest absolute Gasteiger partial charge is 0.251 e. The fourth-order valence-corrected chi connectivity index (χ4v) is 4.64. The summed E-state index contributed by atoms with van der Waals surface area (Å²) in [7, 11) is 0. The normalized spacial score (nSPS) is 12.4. The molecule has 4 rings (SSSR count). The lowest BCUT2D eigenvalue weighted by Gasteiger charge is -2.19. The molecule has 0 saturated carbocycles. The zero-order chi connectivity index (χ0) is 27.5. The molecule has 0 saturated heterocycles. The molecule has 6 heteroatoms. The van der Waals surface area contributed by atoms with Crippen LogP contribution in [0.25, 0.3) is 0 Å². The molecule has 0 aliphatic heterocycles. The van der Waals surface area contributed by atoms with E-state index in [-0.39, 0.29) is 25.0 Å². The maximum Gasteiger partial charge on any atom is 0.251 e. The van der Waals surface area contributed by atoms with Crippen LogP contribution in [-0.4, -0.2) is 47.3 Å². The fourth-order valence-electron chi connectivity index (χ4n) is 4.64. The van der Waals surface area contributed by atoms with Crippen molar-refractivity contribution in [3.63, 3.8) is 0 Å². The van der Waals surface area contributed by atoms with E-state index in [1.54, 1.807) is 24.3 Å². The van der Waals surface area contributed by atoms with Crippen LogP contribution in [0, 0.1) is 0 Å². The SMILES string of the molecule is O=C(N[C@H](CO)Cc1ccccc1)c1ccccc1Cc1ccccc1C(=O)N[C@H](CO)Cc1ccccc1. The molecule has 200 valence electrons. The number of hydrogen-bond acceptors (Lipinski definition) is 4. The number of rotatable bonds is 12. The Hall–Kier alpha value is -4.26. The van der Waals surface area contributed by atoms with Gasteiger partial charge < -0.3 is 20.8 Å². The summed E-state index contributed by atoms with van der Waals surface area (Å²) in [6.07, 6.45) is 1.41. The quantitative estimate of drug-likeness (QED) is 0.227. The minimum Gasteiger partial charge on any atom is -0.394 e. The number of carbonyl (C=O) groups excluding carboxylic acids is 2. The summed E-state index contributed by atoms with van der Waals surface area (Å²) in [4.78, 5) is 26.5. The van der Waals surface area contributed by atoms with Crippen LogP contribution in [0.2, 0.25) is 0 Å². The van der Waals surface area contributed by atoms with Gasteiger partial charge in [-0.15, -0.1) is 0 Å². The molecular formula is C33H34N2O4. The van der Waals surface area contributed by atoms with Crippen LogP contribution in [0.4, 0.5) is 0 Å². The highest BCUT2D eigenvalue weighted by atomic mass is 16.3. The Morgan fingerprint density at radius 2 is 0.897 bits per heavy atom. The van der Waals surface area contributed by atoms with E-state index in [1.807, 2.05) is 84.9 Å². The van der Waals surface area contributed by atoms with Gasteiger partial charge in [-0.1, -0.05) is 97.1 Å². The van der Waals surface area contributed by atoms with Crippen LogP contribution in [0.5, 0.6) is 0 Å². The third-order valence-electron chi connectivity index (χ3n) is 6.67. The van der Waals surface area contributed by atoms with Crippen molar-refractivity contribution >= 4 is 11.8 Å². The average molecular weight is 523 g/mol. The maximum atomic E-state index is 13.3. The monoisotopic (exact) mass is 522 g/mol. The highest BCUT2D eigenvalue weighted by Gasteiger charge is 2.20. The third-order valence-corrected chi connectivity index (χ3v) is 6.67. The molecule has 0 radical (unpaired) electrons. The van der Waals surface area contributed by atoms with Gasteiger partial charge in [0.25, 0.3) is 11.8 Å². The summed E-state index contributed by atoms with van der Waals surface area (Å²) in [6.45, 7) is -0.360. The molecule has 4 aromatic carbocycles. The van der Waals surface area contributed by atoms with Crippen LogP contribution >= 0.6 is 0 Å². The van der Waals surface area contributed by atoms with Crippen molar-refractivity contribution in [2.45, 2.75) is 31.3 Å². The van der Waals surface area contributed by atoms with Gasteiger partial charge in [0.15, 0.2) is 0 Å². The lowest BCUT2D eigenvalue weighted by Crippen LogP contribution is -2.39. The zero-order valence-corrected chi connectivity index (χ0v) is 21.8. The molecule has 0 unspecified atom stereocenters. The second kappa shape index (κ2) is 14.0. The Kier molecular flexibility index (Phi) is 10.0. The van der Waals surface area contributed by atoms with Crippen molar-refractivity contribution in [3.05, 3.63) is 143 Å². The van der Waals surface area contributed by atoms with E-state index < -0.39 is 12.1 Å².